The Labute approximate surface area is 133 Å². The maximum atomic E-state index is 13.8. The molecule has 1 aromatic rings. The van der Waals surface area contributed by atoms with Crippen LogP contribution in [0.25, 0.3) is 0 Å². The lowest BCUT2D eigenvalue weighted by Gasteiger charge is -2.28. The lowest BCUT2D eigenvalue weighted by atomic mass is 10.2. The molecule has 4 nitrogen and oxygen atoms in total. The molecule has 0 spiro atoms. The van der Waals surface area contributed by atoms with Gasteiger partial charge in [0.15, 0.2) is 0 Å². The lowest BCUT2D eigenvalue weighted by molar-refractivity contribution is -0.0523. The van der Waals surface area contributed by atoms with Crippen molar-refractivity contribution in [3.05, 3.63) is 40.6 Å². The first-order valence-corrected chi connectivity index (χ1v) is 7.89. The highest BCUT2D eigenvalue weighted by molar-refractivity contribution is 7.87. The summed E-state index contributed by atoms with van der Waals surface area (Å²) in [5.74, 6) is -2.07. The van der Waals surface area contributed by atoms with Crippen molar-refractivity contribution in [2.24, 2.45) is 0 Å². The fourth-order valence-electron chi connectivity index (χ4n) is 1.89. The number of benzene rings is 1. The molecule has 128 valence electrons. The first kappa shape index (κ1) is 17.8. The fraction of sp³-hybridized carbons (Fsp3) is 0.333. The van der Waals surface area contributed by atoms with Gasteiger partial charge in [0, 0.05) is 25.6 Å². The van der Waals surface area contributed by atoms with Crippen molar-refractivity contribution in [2.45, 2.75) is 11.9 Å². The zero-order valence-corrected chi connectivity index (χ0v) is 12.8. The second-order valence-corrected chi connectivity index (χ2v) is 6.51. The van der Waals surface area contributed by atoms with Gasteiger partial charge >= 0.3 is 15.6 Å². The molecule has 0 N–H and O–H groups in total. The summed E-state index contributed by atoms with van der Waals surface area (Å²) in [4.78, 5) is 1.31. The van der Waals surface area contributed by atoms with Crippen molar-refractivity contribution in [3.63, 3.8) is 0 Å². The van der Waals surface area contributed by atoms with Gasteiger partial charge in [-0.25, -0.2) is 8.78 Å². The van der Waals surface area contributed by atoms with Crippen LogP contribution in [0.5, 0.6) is 0 Å². The molecular formula is C12H9ClF5NO3S. The summed E-state index contributed by atoms with van der Waals surface area (Å²) in [5.41, 5.74) is -5.67. The second-order valence-electron chi connectivity index (χ2n) is 4.57. The van der Waals surface area contributed by atoms with Crippen molar-refractivity contribution in [1.82, 2.24) is 0 Å². The molecule has 0 bridgehead atoms. The van der Waals surface area contributed by atoms with Gasteiger partial charge in [-0.05, 0) is 12.1 Å². The van der Waals surface area contributed by atoms with Gasteiger partial charge in [-0.1, -0.05) is 11.6 Å². The van der Waals surface area contributed by atoms with Gasteiger partial charge < -0.3 is 9.08 Å². The number of nitrogens with zero attached hydrogens (tertiary/aromatic N) is 1. The van der Waals surface area contributed by atoms with Crippen LogP contribution in [0.1, 0.15) is 6.42 Å². The van der Waals surface area contributed by atoms with Crippen LogP contribution < -0.4 is 4.90 Å². The van der Waals surface area contributed by atoms with Crippen LogP contribution in [-0.2, 0) is 14.3 Å². The first-order chi connectivity index (χ1) is 10.5. The minimum absolute atomic E-state index is 0.0583. The summed E-state index contributed by atoms with van der Waals surface area (Å²) >= 11 is 5.42. The van der Waals surface area contributed by atoms with E-state index in [0.29, 0.717) is 0 Å². The molecule has 1 aromatic carbocycles. The molecule has 11 heteroatoms. The average Bonchev–Trinajstić information content (AvgIpc) is 2.42. The summed E-state index contributed by atoms with van der Waals surface area (Å²) in [6.45, 7) is -0.210. The van der Waals surface area contributed by atoms with Gasteiger partial charge in [0.1, 0.15) is 17.4 Å². The van der Waals surface area contributed by atoms with Gasteiger partial charge in [-0.15, -0.1) is 0 Å². The van der Waals surface area contributed by atoms with Crippen LogP contribution in [0, 0.1) is 11.6 Å². The molecule has 23 heavy (non-hydrogen) atoms. The smallest absolute Gasteiger partial charge is 0.381 e. The van der Waals surface area contributed by atoms with E-state index < -0.39 is 38.0 Å². The average molecular weight is 378 g/mol. The third kappa shape index (κ3) is 3.86. The molecule has 0 saturated heterocycles. The topological polar surface area (TPSA) is 46.6 Å². The van der Waals surface area contributed by atoms with E-state index in [-0.39, 0.29) is 25.2 Å². The minimum Gasteiger partial charge on any atom is -0.381 e. The second kappa shape index (κ2) is 6.16. The molecule has 1 heterocycles. The normalized spacial score (nSPS) is 16.3. The summed E-state index contributed by atoms with van der Waals surface area (Å²) in [6.07, 6.45) is 0.831. The molecule has 0 saturated carbocycles. The van der Waals surface area contributed by atoms with Crippen molar-refractivity contribution < 1.29 is 34.6 Å². The Bertz CT molecular complexity index is 748. The van der Waals surface area contributed by atoms with E-state index in [0.717, 1.165) is 18.2 Å². The predicted molar refractivity (Wildman–Crippen MR) is 72.3 cm³/mol. The summed E-state index contributed by atoms with van der Waals surface area (Å²) < 4.78 is 89.5. The lowest BCUT2D eigenvalue weighted by Crippen LogP contribution is -2.32. The van der Waals surface area contributed by atoms with E-state index in [1.807, 2.05) is 0 Å². The Balaban J connectivity index is 2.15. The van der Waals surface area contributed by atoms with Crippen LogP contribution in [0.15, 0.2) is 24.0 Å². The van der Waals surface area contributed by atoms with Gasteiger partial charge in [-0.3, -0.25) is 0 Å². The van der Waals surface area contributed by atoms with Crippen molar-refractivity contribution >= 4 is 27.4 Å². The molecule has 0 radical (unpaired) electrons. The Morgan fingerprint density at radius 1 is 1.17 bits per heavy atom. The summed E-state index contributed by atoms with van der Waals surface area (Å²) in [6, 6.07) is 1.62. The van der Waals surface area contributed by atoms with E-state index >= 15 is 0 Å². The van der Waals surface area contributed by atoms with Gasteiger partial charge in [0.2, 0.25) is 0 Å². The van der Waals surface area contributed by atoms with Crippen molar-refractivity contribution in [2.75, 3.05) is 18.0 Å². The standard InChI is InChI=1S/C12H9ClF5NO3S/c13-8-5-10(15)11(6-9(8)14)19-3-1-7(2-4-19)22-23(20,21)12(16,17)18/h1,5-6H,2-4H2. The number of hydrogen-bond acceptors (Lipinski definition) is 4. The maximum Gasteiger partial charge on any atom is 0.534 e. The van der Waals surface area contributed by atoms with Crippen LogP contribution in [0.2, 0.25) is 5.02 Å². The highest BCUT2D eigenvalue weighted by Crippen LogP contribution is 2.31. The van der Waals surface area contributed by atoms with Crippen molar-refractivity contribution in [3.8, 4) is 0 Å². The number of alkyl halides is 3. The molecule has 2 rings (SSSR count). The SMILES string of the molecule is O=S(=O)(OC1=CCN(c2cc(F)c(Cl)cc2F)CC1)C(F)(F)F. The van der Waals surface area contributed by atoms with Crippen molar-refractivity contribution in [1.29, 1.82) is 0 Å². The molecule has 0 fully saturated rings. The molecular weight excluding hydrogens is 369 g/mol. The predicted octanol–water partition coefficient (Wildman–Crippen LogP) is 3.58. The number of rotatable bonds is 3. The Kier molecular flexibility index (Phi) is 4.76. The van der Waals surface area contributed by atoms with E-state index in [1.165, 1.54) is 4.90 Å². The molecule has 1 aliphatic rings. The Hall–Kier alpha value is -1.55. The highest BCUT2D eigenvalue weighted by Gasteiger charge is 2.48. The molecule has 0 aliphatic carbocycles. The van der Waals surface area contributed by atoms with E-state index in [2.05, 4.69) is 4.18 Å². The van der Waals surface area contributed by atoms with Gasteiger partial charge in [0.25, 0.3) is 0 Å². The molecule has 0 amide bonds. The molecule has 0 unspecified atom stereocenters. The van der Waals surface area contributed by atoms with E-state index in [1.54, 1.807) is 0 Å². The zero-order valence-electron chi connectivity index (χ0n) is 11.2. The van der Waals surface area contributed by atoms with Gasteiger partial charge in [0.05, 0.1) is 10.7 Å². The highest BCUT2D eigenvalue weighted by atomic mass is 35.5. The third-order valence-electron chi connectivity index (χ3n) is 3.00. The number of hydrogen-bond donors (Lipinski definition) is 0. The fourth-order valence-corrected chi connectivity index (χ4v) is 2.57. The van der Waals surface area contributed by atoms with E-state index in [9.17, 15) is 30.4 Å². The van der Waals surface area contributed by atoms with Crippen LogP contribution >= 0.6 is 11.6 Å². The zero-order chi connectivity index (χ0) is 17.4. The molecule has 0 atom stereocenters. The molecule has 1 aliphatic heterocycles. The Morgan fingerprint density at radius 2 is 1.83 bits per heavy atom. The van der Waals surface area contributed by atoms with Crippen LogP contribution in [0.3, 0.4) is 0 Å². The van der Waals surface area contributed by atoms with Crippen LogP contribution in [-0.4, -0.2) is 27.0 Å². The number of anilines is 1. The van der Waals surface area contributed by atoms with Crippen LogP contribution in [0.4, 0.5) is 27.6 Å². The Morgan fingerprint density at radius 3 is 2.35 bits per heavy atom. The number of halogens is 6. The third-order valence-corrected chi connectivity index (χ3v) is 4.29. The van der Waals surface area contributed by atoms with E-state index in [4.69, 9.17) is 11.6 Å². The van der Waals surface area contributed by atoms with Gasteiger partial charge in [-0.2, -0.15) is 21.6 Å². The summed E-state index contributed by atoms with van der Waals surface area (Å²) in [7, 11) is -5.74. The largest absolute Gasteiger partial charge is 0.534 e. The summed E-state index contributed by atoms with van der Waals surface area (Å²) in [5, 5.41) is -0.404. The quantitative estimate of drug-likeness (QED) is 0.349. The molecule has 0 aromatic heterocycles. The first-order valence-electron chi connectivity index (χ1n) is 6.10. The monoisotopic (exact) mass is 377 g/mol. The maximum absolute atomic E-state index is 13.8. The minimum atomic E-state index is -5.74.